The molecule has 1 aliphatic heterocycles. The van der Waals surface area contributed by atoms with Gasteiger partial charge in [-0.25, -0.2) is 4.98 Å². The molecule has 8 nitrogen and oxygen atoms in total. The fourth-order valence-corrected chi connectivity index (χ4v) is 2.96. The number of anilines is 2. The van der Waals surface area contributed by atoms with Crippen molar-refractivity contribution in [2.75, 3.05) is 31.1 Å². The fraction of sp³-hybridized carbons (Fsp3) is 0.190. The molecule has 1 aliphatic rings. The van der Waals surface area contributed by atoms with Gasteiger partial charge in [0, 0.05) is 37.1 Å². The number of fused-ring (bicyclic) bond motifs is 1. The highest BCUT2D eigenvalue weighted by Crippen LogP contribution is 2.35. The van der Waals surface area contributed by atoms with E-state index in [1.165, 1.54) is 17.0 Å². The minimum absolute atomic E-state index is 0.122. The number of carbonyl (C=O) groups excluding carboxylic acids is 1. The Morgan fingerprint density at radius 2 is 1.86 bits per heavy atom. The number of amides is 1. The summed E-state index contributed by atoms with van der Waals surface area (Å²) >= 11 is 0. The van der Waals surface area contributed by atoms with Gasteiger partial charge in [0.1, 0.15) is 6.54 Å². The van der Waals surface area contributed by atoms with Crippen molar-refractivity contribution in [3.8, 4) is 22.8 Å². The summed E-state index contributed by atoms with van der Waals surface area (Å²) in [5, 5.41) is 2.78. The minimum atomic E-state index is -0.314. The van der Waals surface area contributed by atoms with Crippen LogP contribution in [0.15, 0.2) is 59.7 Å². The van der Waals surface area contributed by atoms with Gasteiger partial charge in [-0.1, -0.05) is 0 Å². The average molecular weight is 392 g/mol. The Bertz CT molecular complexity index is 1110. The number of hydrogen-bond acceptors (Lipinski definition) is 6. The van der Waals surface area contributed by atoms with Gasteiger partial charge in [0.2, 0.25) is 12.7 Å². The minimum Gasteiger partial charge on any atom is -0.454 e. The highest BCUT2D eigenvalue weighted by molar-refractivity contribution is 5.90. The highest BCUT2D eigenvalue weighted by Gasteiger charge is 2.15. The van der Waals surface area contributed by atoms with E-state index in [1.807, 2.05) is 49.3 Å². The van der Waals surface area contributed by atoms with Gasteiger partial charge >= 0.3 is 0 Å². The van der Waals surface area contributed by atoms with Crippen molar-refractivity contribution in [2.45, 2.75) is 6.54 Å². The number of rotatable bonds is 5. The maximum atomic E-state index is 12.4. The zero-order valence-corrected chi connectivity index (χ0v) is 16.1. The number of nitrogens with one attached hydrogen (secondary N) is 1. The first-order valence-electron chi connectivity index (χ1n) is 9.03. The third kappa shape index (κ3) is 4.06. The SMILES string of the molecule is CN(C)c1ccc(NC(=O)Cn2cnc(-c3ccc4c(c3)OCO4)cc2=O)cc1. The number of hydrogen-bond donors (Lipinski definition) is 1. The van der Waals surface area contributed by atoms with Crippen LogP contribution in [-0.4, -0.2) is 36.3 Å². The van der Waals surface area contributed by atoms with Crippen molar-refractivity contribution in [1.29, 1.82) is 0 Å². The standard InChI is InChI=1S/C21H20N4O4/c1-24(2)16-6-4-15(5-7-16)23-20(26)11-25-12-22-17(10-21(25)27)14-3-8-18-19(9-14)29-13-28-18/h3-10,12H,11,13H2,1-2H3,(H,23,26). The molecule has 29 heavy (non-hydrogen) atoms. The monoisotopic (exact) mass is 392 g/mol. The van der Waals surface area contributed by atoms with Crippen molar-refractivity contribution in [3.05, 3.63) is 65.2 Å². The molecule has 0 bridgehead atoms. The molecule has 0 aliphatic carbocycles. The quantitative estimate of drug-likeness (QED) is 0.717. The molecule has 0 radical (unpaired) electrons. The normalized spacial score (nSPS) is 11.9. The van der Waals surface area contributed by atoms with E-state index in [0.717, 1.165) is 11.3 Å². The van der Waals surface area contributed by atoms with Gasteiger partial charge in [0.15, 0.2) is 11.5 Å². The van der Waals surface area contributed by atoms with E-state index in [0.29, 0.717) is 22.9 Å². The molecule has 0 spiro atoms. The molecule has 2 aromatic carbocycles. The van der Waals surface area contributed by atoms with E-state index in [1.54, 1.807) is 12.1 Å². The number of nitrogens with zero attached hydrogens (tertiary/aromatic N) is 3. The summed E-state index contributed by atoms with van der Waals surface area (Å²) < 4.78 is 11.9. The summed E-state index contributed by atoms with van der Waals surface area (Å²) in [7, 11) is 3.89. The van der Waals surface area contributed by atoms with Gasteiger partial charge in [0.05, 0.1) is 12.0 Å². The Morgan fingerprint density at radius 3 is 2.59 bits per heavy atom. The van der Waals surface area contributed by atoms with Crippen LogP contribution in [0, 0.1) is 0 Å². The maximum Gasteiger partial charge on any atom is 0.254 e. The molecule has 0 fully saturated rings. The molecule has 1 amide bonds. The summed E-state index contributed by atoms with van der Waals surface area (Å²) in [4.78, 5) is 31.0. The largest absolute Gasteiger partial charge is 0.454 e. The fourth-order valence-electron chi connectivity index (χ4n) is 2.96. The van der Waals surface area contributed by atoms with Crippen LogP contribution >= 0.6 is 0 Å². The van der Waals surface area contributed by atoms with Crippen LogP contribution in [0.5, 0.6) is 11.5 Å². The van der Waals surface area contributed by atoms with Crippen molar-refractivity contribution >= 4 is 17.3 Å². The second-order valence-electron chi connectivity index (χ2n) is 6.80. The third-order valence-corrected chi connectivity index (χ3v) is 4.53. The summed E-state index contributed by atoms with van der Waals surface area (Å²) in [5.41, 5.74) is 2.63. The lowest BCUT2D eigenvalue weighted by Crippen LogP contribution is -2.27. The predicted octanol–water partition coefficient (Wildman–Crippen LogP) is 2.34. The molecule has 4 rings (SSSR count). The van der Waals surface area contributed by atoms with Crippen molar-refractivity contribution in [3.63, 3.8) is 0 Å². The van der Waals surface area contributed by atoms with E-state index in [9.17, 15) is 9.59 Å². The highest BCUT2D eigenvalue weighted by atomic mass is 16.7. The molecule has 3 aromatic rings. The lowest BCUT2D eigenvalue weighted by atomic mass is 10.1. The Labute approximate surface area is 167 Å². The van der Waals surface area contributed by atoms with Gasteiger partial charge in [-0.3, -0.25) is 14.2 Å². The van der Waals surface area contributed by atoms with E-state index in [-0.39, 0.29) is 24.8 Å². The Balaban J connectivity index is 1.45. The topological polar surface area (TPSA) is 85.7 Å². The first-order valence-corrected chi connectivity index (χ1v) is 9.03. The maximum absolute atomic E-state index is 12.4. The molecule has 0 saturated carbocycles. The number of carbonyl (C=O) groups is 1. The molecule has 0 atom stereocenters. The van der Waals surface area contributed by atoms with Crippen molar-refractivity contribution in [1.82, 2.24) is 9.55 Å². The Hall–Kier alpha value is -3.81. The van der Waals surface area contributed by atoms with E-state index < -0.39 is 0 Å². The molecule has 2 heterocycles. The summed E-state index contributed by atoms with van der Waals surface area (Å²) in [6.07, 6.45) is 1.37. The second kappa shape index (κ2) is 7.67. The van der Waals surface area contributed by atoms with Gasteiger partial charge in [0.25, 0.3) is 5.56 Å². The molecule has 0 saturated heterocycles. The van der Waals surface area contributed by atoms with E-state index in [2.05, 4.69) is 10.3 Å². The molecule has 8 heteroatoms. The summed E-state index contributed by atoms with van der Waals surface area (Å²) in [5.74, 6) is 0.979. The summed E-state index contributed by atoms with van der Waals surface area (Å²) in [6.45, 7) is 0.0590. The Kier molecular flexibility index (Phi) is 4.90. The Morgan fingerprint density at radius 1 is 1.10 bits per heavy atom. The van der Waals surface area contributed by atoms with Crippen LogP contribution in [-0.2, 0) is 11.3 Å². The lowest BCUT2D eigenvalue weighted by Gasteiger charge is -2.13. The van der Waals surface area contributed by atoms with Crippen LogP contribution in [0.2, 0.25) is 0 Å². The van der Waals surface area contributed by atoms with Crippen LogP contribution in [0.25, 0.3) is 11.3 Å². The first kappa shape index (κ1) is 18.5. The van der Waals surface area contributed by atoms with Crippen molar-refractivity contribution in [2.24, 2.45) is 0 Å². The molecular formula is C21H20N4O4. The van der Waals surface area contributed by atoms with Crippen LogP contribution in [0.1, 0.15) is 0 Å². The lowest BCUT2D eigenvalue weighted by molar-refractivity contribution is -0.116. The molecule has 1 N–H and O–H groups in total. The van der Waals surface area contributed by atoms with Gasteiger partial charge in [-0.2, -0.15) is 0 Å². The van der Waals surface area contributed by atoms with E-state index >= 15 is 0 Å². The number of benzene rings is 2. The number of ether oxygens (including phenoxy) is 2. The zero-order valence-electron chi connectivity index (χ0n) is 16.1. The second-order valence-corrected chi connectivity index (χ2v) is 6.80. The molecule has 148 valence electrons. The first-order chi connectivity index (χ1) is 14.0. The van der Waals surface area contributed by atoms with Crippen molar-refractivity contribution < 1.29 is 14.3 Å². The average Bonchev–Trinajstić information content (AvgIpc) is 3.17. The molecule has 0 unspecified atom stereocenters. The van der Waals surface area contributed by atoms with Gasteiger partial charge in [-0.15, -0.1) is 0 Å². The molecule has 1 aromatic heterocycles. The van der Waals surface area contributed by atoms with Crippen LogP contribution in [0.4, 0.5) is 11.4 Å². The van der Waals surface area contributed by atoms with Crippen LogP contribution in [0.3, 0.4) is 0 Å². The van der Waals surface area contributed by atoms with Crippen LogP contribution < -0.4 is 25.2 Å². The van der Waals surface area contributed by atoms with E-state index in [4.69, 9.17) is 9.47 Å². The molecular weight excluding hydrogens is 372 g/mol. The zero-order chi connectivity index (χ0) is 20.4. The smallest absolute Gasteiger partial charge is 0.254 e. The van der Waals surface area contributed by atoms with Gasteiger partial charge in [-0.05, 0) is 42.5 Å². The summed E-state index contributed by atoms with van der Waals surface area (Å²) in [6, 6.07) is 14.2. The third-order valence-electron chi connectivity index (χ3n) is 4.53. The predicted molar refractivity (Wildman–Crippen MR) is 109 cm³/mol. The van der Waals surface area contributed by atoms with Gasteiger partial charge < -0.3 is 19.7 Å². The number of aromatic nitrogens is 2.